The quantitative estimate of drug-likeness (QED) is 0.746. The van der Waals surface area contributed by atoms with Crippen molar-refractivity contribution in [2.45, 2.75) is 18.9 Å². The van der Waals surface area contributed by atoms with Crippen LogP contribution in [-0.2, 0) is 0 Å². The maximum Gasteiger partial charge on any atom is 0.254 e. The first-order valence-corrected chi connectivity index (χ1v) is 8.65. The van der Waals surface area contributed by atoms with Crippen molar-refractivity contribution in [3.05, 3.63) is 64.1 Å². The second kappa shape index (κ2) is 7.18. The fourth-order valence-corrected chi connectivity index (χ4v) is 3.58. The number of carbonyl (C=O) groups is 2. The summed E-state index contributed by atoms with van der Waals surface area (Å²) in [5.74, 6) is 0.559. The molecule has 2 aromatic carbocycles. The minimum Gasteiger partial charge on any atom is -0.496 e. The molecule has 124 valence electrons. The first-order valence-electron chi connectivity index (χ1n) is 7.85. The highest BCUT2D eigenvalue weighted by Gasteiger charge is 2.35. The number of hydrogen-bond acceptors (Lipinski definition) is 3. The minimum absolute atomic E-state index is 0.00836. The molecule has 0 spiro atoms. The van der Waals surface area contributed by atoms with E-state index in [-0.39, 0.29) is 17.7 Å². The number of hydrogen-bond donors (Lipinski definition) is 0. The molecule has 1 amide bonds. The molecule has 5 heteroatoms. The highest BCUT2D eigenvalue weighted by atomic mass is 79.9. The molecule has 2 aromatic rings. The molecule has 24 heavy (non-hydrogen) atoms. The van der Waals surface area contributed by atoms with Crippen molar-refractivity contribution >= 4 is 27.6 Å². The van der Waals surface area contributed by atoms with Gasteiger partial charge in [0.2, 0.25) is 0 Å². The molecule has 0 radical (unpaired) electrons. The molecule has 1 unspecified atom stereocenters. The van der Waals surface area contributed by atoms with E-state index in [1.807, 2.05) is 18.2 Å². The van der Waals surface area contributed by atoms with Crippen LogP contribution in [0.4, 0.5) is 0 Å². The molecule has 1 aliphatic rings. The molecule has 4 nitrogen and oxygen atoms in total. The van der Waals surface area contributed by atoms with E-state index >= 15 is 0 Å². The Morgan fingerprint density at radius 1 is 1.12 bits per heavy atom. The van der Waals surface area contributed by atoms with Crippen LogP contribution in [-0.4, -0.2) is 36.3 Å². The highest BCUT2D eigenvalue weighted by Crippen LogP contribution is 2.28. The van der Waals surface area contributed by atoms with Crippen LogP contribution < -0.4 is 4.74 Å². The molecule has 1 fully saturated rings. The van der Waals surface area contributed by atoms with Gasteiger partial charge in [-0.15, -0.1) is 0 Å². The van der Waals surface area contributed by atoms with Crippen molar-refractivity contribution in [3.63, 3.8) is 0 Å². The number of ether oxygens (including phenoxy) is 1. The zero-order valence-corrected chi connectivity index (χ0v) is 15.0. The van der Waals surface area contributed by atoms with Crippen LogP contribution in [0.15, 0.2) is 53.0 Å². The number of amides is 1. The second-order valence-electron chi connectivity index (χ2n) is 5.74. The van der Waals surface area contributed by atoms with Gasteiger partial charge >= 0.3 is 0 Å². The van der Waals surface area contributed by atoms with E-state index in [0.29, 0.717) is 29.8 Å². The van der Waals surface area contributed by atoms with Crippen LogP contribution in [0.5, 0.6) is 5.75 Å². The Labute approximate surface area is 149 Å². The zero-order valence-electron chi connectivity index (χ0n) is 13.4. The van der Waals surface area contributed by atoms with Gasteiger partial charge in [0, 0.05) is 17.7 Å². The van der Waals surface area contributed by atoms with E-state index < -0.39 is 0 Å². The van der Waals surface area contributed by atoms with Crippen molar-refractivity contribution in [1.82, 2.24) is 4.90 Å². The van der Waals surface area contributed by atoms with Gasteiger partial charge < -0.3 is 9.64 Å². The van der Waals surface area contributed by atoms with Crippen LogP contribution in [0.2, 0.25) is 0 Å². The van der Waals surface area contributed by atoms with Crippen LogP contribution in [0.3, 0.4) is 0 Å². The summed E-state index contributed by atoms with van der Waals surface area (Å²) in [7, 11) is 1.58. The van der Waals surface area contributed by atoms with Crippen LogP contribution in [0.1, 0.15) is 33.6 Å². The fourth-order valence-electron chi connectivity index (χ4n) is 3.04. The number of carbonyl (C=O) groups excluding carboxylic acids is 2. The van der Waals surface area contributed by atoms with E-state index in [1.54, 1.807) is 42.3 Å². The summed E-state index contributed by atoms with van der Waals surface area (Å²) >= 11 is 3.40. The van der Waals surface area contributed by atoms with Gasteiger partial charge in [-0.05, 0) is 47.0 Å². The van der Waals surface area contributed by atoms with Crippen molar-refractivity contribution in [1.29, 1.82) is 0 Å². The average Bonchev–Trinajstić information content (AvgIpc) is 3.10. The van der Waals surface area contributed by atoms with E-state index in [1.165, 1.54) is 0 Å². The van der Waals surface area contributed by atoms with Gasteiger partial charge in [0.05, 0.1) is 17.6 Å². The predicted molar refractivity (Wildman–Crippen MR) is 95.5 cm³/mol. The Bertz CT molecular complexity index is 760. The molecule has 0 aromatic heterocycles. The monoisotopic (exact) mass is 387 g/mol. The summed E-state index contributed by atoms with van der Waals surface area (Å²) in [6, 6.07) is 14.0. The third-order valence-electron chi connectivity index (χ3n) is 4.27. The first kappa shape index (κ1) is 16.7. The topological polar surface area (TPSA) is 46.6 Å². The molecule has 1 atom stereocenters. The summed E-state index contributed by atoms with van der Waals surface area (Å²) in [6.07, 6.45) is 1.54. The number of halogens is 1. The molecule has 1 saturated heterocycles. The number of ketones is 1. The number of methoxy groups -OCH3 is 1. The van der Waals surface area contributed by atoms with Crippen molar-refractivity contribution < 1.29 is 14.3 Å². The first-order chi connectivity index (χ1) is 11.6. The third kappa shape index (κ3) is 3.22. The van der Waals surface area contributed by atoms with Gasteiger partial charge in [-0.3, -0.25) is 9.59 Å². The SMILES string of the molecule is COc1ccc(C(=O)N2CCCC2C(=O)c2ccccc2)cc1Br. The zero-order chi connectivity index (χ0) is 17.1. The number of benzene rings is 2. The molecule has 0 N–H and O–H groups in total. The molecule has 0 saturated carbocycles. The van der Waals surface area contributed by atoms with E-state index in [0.717, 1.165) is 10.9 Å². The lowest BCUT2D eigenvalue weighted by molar-refractivity contribution is 0.0671. The van der Waals surface area contributed by atoms with Crippen molar-refractivity contribution in [2.75, 3.05) is 13.7 Å². The minimum atomic E-state index is -0.388. The maximum atomic E-state index is 12.9. The van der Waals surface area contributed by atoms with Crippen LogP contribution in [0, 0.1) is 0 Å². The predicted octanol–water partition coefficient (Wildman–Crippen LogP) is 3.95. The van der Waals surface area contributed by atoms with Gasteiger partial charge in [0.25, 0.3) is 5.91 Å². The van der Waals surface area contributed by atoms with Crippen molar-refractivity contribution in [3.8, 4) is 5.75 Å². The summed E-state index contributed by atoms with van der Waals surface area (Å²) < 4.78 is 5.92. The molecule has 1 heterocycles. The normalized spacial score (nSPS) is 16.9. The Kier molecular flexibility index (Phi) is 5.00. The summed E-state index contributed by atoms with van der Waals surface area (Å²) in [5.41, 5.74) is 1.20. The van der Waals surface area contributed by atoms with E-state index in [9.17, 15) is 9.59 Å². The summed E-state index contributed by atoms with van der Waals surface area (Å²) in [4.78, 5) is 27.3. The molecular weight excluding hydrogens is 370 g/mol. The Morgan fingerprint density at radius 2 is 1.88 bits per heavy atom. The number of likely N-dealkylation sites (tertiary alicyclic amines) is 1. The molecule has 1 aliphatic heterocycles. The third-order valence-corrected chi connectivity index (χ3v) is 4.89. The molecule has 0 aliphatic carbocycles. The van der Waals surface area contributed by atoms with Gasteiger partial charge in [-0.2, -0.15) is 0 Å². The van der Waals surface area contributed by atoms with E-state index in [4.69, 9.17) is 4.74 Å². The van der Waals surface area contributed by atoms with Gasteiger partial charge in [-0.1, -0.05) is 30.3 Å². The fraction of sp³-hybridized carbons (Fsp3) is 0.263. The summed E-state index contributed by atoms with van der Waals surface area (Å²) in [5, 5.41) is 0. The van der Waals surface area contributed by atoms with Crippen LogP contribution in [0.25, 0.3) is 0 Å². The van der Waals surface area contributed by atoms with Crippen LogP contribution >= 0.6 is 15.9 Å². The lowest BCUT2D eigenvalue weighted by atomic mass is 10.0. The maximum absolute atomic E-state index is 12.9. The van der Waals surface area contributed by atoms with Gasteiger partial charge in [0.1, 0.15) is 5.75 Å². The smallest absolute Gasteiger partial charge is 0.254 e. The Balaban J connectivity index is 1.84. The summed E-state index contributed by atoms with van der Waals surface area (Å²) in [6.45, 7) is 0.603. The molecular formula is C19H18BrNO3. The number of Topliss-reactive ketones (excluding diaryl/α,β-unsaturated/α-hetero) is 1. The molecule has 3 rings (SSSR count). The number of nitrogens with zero attached hydrogens (tertiary/aromatic N) is 1. The lowest BCUT2D eigenvalue weighted by Crippen LogP contribution is -2.40. The molecule has 0 bridgehead atoms. The Hall–Kier alpha value is -2.14. The largest absolute Gasteiger partial charge is 0.496 e. The standard InChI is InChI=1S/C19H18BrNO3/c1-24-17-10-9-14(12-15(17)20)19(23)21-11-5-8-16(21)18(22)13-6-3-2-4-7-13/h2-4,6-7,9-10,12,16H,5,8,11H2,1H3. The Morgan fingerprint density at radius 3 is 2.54 bits per heavy atom. The second-order valence-corrected chi connectivity index (χ2v) is 6.59. The highest BCUT2D eigenvalue weighted by molar-refractivity contribution is 9.10. The number of rotatable bonds is 4. The van der Waals surface area contributed by atoms with E-state index in [2.05, 4.69) is 15.9 Å². The average molecular weight is 388 g/mol. The lowest BCUT2D eigenvalue weighted by Gasteiger charge is -2.24. The van der Waals surface area contributed by atoms with Gasteiger partial charge in [-0.25, -0.2) is 0 Å². The van der Waals surface area contributed by atoms with Crippen molar-refractivity contribution in [2.24, 2.45) is 0 Å². The van der Waals surface area contributed by atoms with Gasteiger partial charge in [0.15, 0.2) is 5.78 Å².